The number of phenols is 2. The summed E-state index contributed by atoms with van der Waals surface area (Å²) in [6, 6.07) is 24.0. The molecule has 0 amide bonds. The lowest BCUT2D eigenvalue weighted by Crippen LogP contribution is -2.07. The Morgan fingerprint density at radius 1 is 0.556 bits per heavy atom. The molecule has 0 atom stereocenters. The summed E-state index contributed by atoms with van der Waals surface area (Å²) in [7, 11) is -0.267. The van der Waals surface area contributed by atoms with Crippen LogP contribution in [0, 0.1) is 0 Å². The van der Waals surface area contributed by atoms with E-state index in [-0.39, 0.29) is 22.4 Å². The predicted molar refractivity (Wildman–Crippen MR) is 111 cm³/mol. The maximum Gasteiger partial charge on any atom is 0.166 e. The summed E-state index contributed by atoms with van der Waals surface area (Å²) in [5, 5.41) is 19.3. The number of rotatable bonds is 4. The fourth-order valence-corrected chi connectivity index (χ4v) is 5.93. The van der Waals surface area contributed by atoms with Crippen LogP contribution < -0.4 is 0 Å². The van der Waals surface area contributed by atoms with Gasteiger partial charge in [0.05, 0.1) is 10.9 Å². The zero-order valence-electron chi connectivity index (χ0n) is 15.3. The van der Waals surface area contributed by atoms with Gasteiger partial charge in [-0.25, -0.2) is 0 Å². The van der Waals surface area contributed by atoms with Crippen molar-refractivity contribution in [3.8, 4) is 11.5 Å². The fourth-order valence-electron chi connectivity index (χ4n) is 3.88. The van der Waals surface area contributed by atoms with Crippen LogP contribution in [0.4, 0.5) is 0 Å². The lowest BCUT2D eigenvalue weighted by Gasteiger charge is -2.22. The molecule has 0 heterocycles. The van der Waals surface area contributed by atoms with Crippen molar-refractivity contribution in [1.29, 1.82) is 0 Å². The van der Waals surface area contributed by atoms with Gasteiger partial charge in [0.15, 0.2) is 14.7 Å². The molecule has 0 bridgehead atoms. The van der Waals surface area contributed by atoms with Gasteiger partial charge < -0.3 is 10.2 Å². The summed E-state index contributed by atoms with van der Waals surface area (Å²) >= 11 is 0. The highest BCUT2D eigenvalue weighted by Crippen LogP contribution is 2.36. The Morgan fingerprint density at radius 3 is 1.41 bits per heavy atom. The van der Waals surface area contributed by atoms with Crippen molar-refractivity contribution < 1.29 is 10.2 Å². The van der Waals surface area contributed by atoms with E-state index in [0.29, 0.717) is 5.92 Å². The molecular weight excluding hydrogens is 352 g/mol. The average molecular weight is 378 g/mol. The monoisotopic (exact) mass is 377 g/mol. The van der Waals surface area contributed by atoms with Crippen LogP contribution in [-0.4, -0.2) is 10.2 Å². The predicted octanol–water partition coefficient (Wildman–Crippen LogP) is 6.24. The molecule has 3 aromatic rings. The first-order valence-electron chi connectivity index (χ1n) is 9.63. The number of hydrogen-bond donors (Lipinski definition) is 2. The summed E-state index contributed by atoms with van der Waals surface area (Å²) < 4.78 is 0. The molecule has 1 aliphatic rings. The molecule has 27 heavy (non-hydrogen) atoms. The minimum atomic E-state index is -0.267. The molecular formula is C24H25O2S+. The van der Waals surface area contributed by atoms with Crippen LogP contribution in [0.5, 0.6) is 11.5 Å². The molecule has 0 aliphatic heterocycles. The van der Waals surface area contributed by atoms with Gasteiger partial charge in [0, 0.05) is 0 Å². The van der Waals surface area contributed by atoms with Crippen molar-refractivity contribution in [2.75, 3.05) is 0 Å². The van der Waals surface area contributed by atoms with Gasteiger partial charge in [0.2, 0.25) is 0 Å². The minimum Gasteiger partial charge on any atom is -0.508 e. The van der Waals surface area contributed by atoms with Gasteiger partial charge >= 0.3 is 0 Å². The first kappa shape index (κ1) is 18.0. The zero-order chi connectivity index (χ0) is 18.6. The molecule has 0 spiro atoms. The molecule has 0 saturated heterocycles. The average Bonchev–Trinajstić information content (AvgIpc) is 2.72. The quantitative estimate of drug-likeness (QED) is 0.528. The van der Waals surface area contributed by atoms with Gasteiger partial charge in [0.25, 0.3) is 0 Å². The van der Waals surface area contributed by atoms with Crippen LogP contribution in [0.1, 0.15) is 43.6 Å². The Balaban J connectivity index is 1.69. The van der Waals surface area contributed by atoms with E-state index in [1.807, 2.05) is 24.3 Å². The van der Waals surface area contributed by atoms with Gasteiger partial charge in [-0.05, 0) is 85.0 Å². The third kappa shape index (κ3) is 4.14. The molecule has 2 N–H and O–H groups in total. The highest BCUT2D eigenvalue weighted by molar-refractivity contribution is 7.97. The van der Waals surface area contributed by atoms with E-state index >= 15 is 0 Å². The van der Waals surface area contributed by atoms with Gasteiger partial charge in [0.1, 0.15) is 11.5 Å². The van der Waals surface area contributed by atoms with Crippen molar-refractivity contribution in [2.24, 2.45) is 0 Å². The number of hydrogen-bond acceptors (Lipinski definition) is 2. The van der Waals surface area contributed by atoms with Gasteiger partial charge in [-0.3, -0.25) is 0 Å². The highest BCUT2D eigenvalue weighted by atomic mass is 32.2. The van der Waals surface area contributed by atoms with E-state index in [1.54, 1.807) is 24.3 Å². The van der Waals surface area contributed by atoms with Crippen molar-refractivity contribution in [3.05, 3.63) is 78.4 Å². The molecule has 1 aliphatic carbocycles. The van der Waals surface area contributed by atoms with E-state index in [4.69, 9.17) is 0 Å². The van der Waals surface area contributed by atoms with Crippen LogP contribution in [0.25, 0.3) is 0 Å². The fraction of sp³-hybridized carbons (Fsp3) is 0.250. The second-order valence-corrected chi connectivity index (χ2v) is 9.22. The number of benzene rings is 3. The SMILES string of the molecule is Oc1ccc([S+](c2ccc(O)cc2)c2ccc(C3CCCCC3)cc2)cc1. The molecule has 1 fully saturated rings. The van der Waals surface area contributed by atoms with E-state index in [9.17, 15) is 10.2 Å². The molecule has 2 nitrogen and oxygen atoms in total. The Morgan fingerprint density at radius 2 is 0.963 bits per heavy atom. The summed E-state index contributed by atoms with van der Waals surface area (Å²) in [5.41, 5.74) is 1.46. The van der Waals surface area contributed by atoms with Crippen molar-refractivity contribution in [3.63, 3.8) is 0 Å². The van der Waals surface area contributed by atoms with Crippen LogP contribution in [0.3, 0.4) is 0 Å². The van der Waals surface area contributed by atoms with E-state index in [2.05, 4.69) is 24.3 Å². The summed E-state index contributed by atoms with van der Waals surface area (Å²) in [6.45, 7) is 0. The highest BCUT2D eigenvalue weighted by Gasteiger charge is 2.29. The standard InChI is InChI=1S/C24H24O2S/c25-20-8-14-23(15-9-20)27(24-16-10-21(26)11-17-24)22-12-6-19(7-13-22)18-4-2-1-3-5-18/h6-18H,1-5H2,(H-,25,26)/p+1. The Hall–Kier alpha value is -2.39. The second kappa shape index (κ2) is 8.10. The normalized spacial score (nSPS) is 15.1. The zero-order valence-corrected chi connectivity index (χ0v) is 16.2. The first-order chi connectivity index (χ1) is 13.2. The Bertz CT molecular complexity index is 818. The Labute approximate surface area is 163 Å². The maximum atomic E-state index is 9.67. The molecule has 0 unspecified atom stereocenters. The van der Waals surface area contributed by atoms with Crippen LogP contribution in [-0.2, 0) is 10.9 Å². The smallest absolute Gasteiger partial charge is 0.166 e. The van der Waals surface area contributed by atoms with E-state index in [0.717, 1.165) is 9.79 Å². The summed E-state index contributed by atoms with van der Waals surface area (Å²) in [5.74, 6) is 1.26. The molecule has 0 aromatic heterocycles. The Kier molecular flexibility index (Phi) is 5.40. The maximum absolute atomic E-state index is 9.67. The molecule has 0 radical (unpaired) electrons. The van der Waals surface area contributed by atoms with Crippen molar-refractivity contribution in [2.45, 2.75) is 52.7 Å². The number of aromatic hydroxyl groups is 2. The van der Waals surface area contributed by atoms with E-state index in [1.165, 1.54) is 42.6 Å². The molecule has 4 rings (SSSR count). The summed E-state index contributed by atoms with van der Waals surface area (Å²) in [6.07, 6.45) is 6.68. The van der Waals surface area contributed by atoms with Crippen LogP contribution in [0.2, 0.25) is 0 Å². The van der Waals surface area contributed by atoms with Crippen LogP contribution >= 0.6 is 0 Å². The van der Waals surface area contributed by atoms with Crippen molar-refractivity contribution in [1.82, 2.24) is 0 Å². The van der Waals surface area contributed by atoms with Crippen molar-refractivity contribution >= 4 is 10.9 Å². The van der Waals surface area contributed by atoms with E-state index < -0.39 is 0 Å². The van der Waals surface area contributed by atoms with Crippen LogP contribution in [0.15, 0.2) is 87.5 Å². The second-order valence-electron chi connectivity index (χ2n) is 7.20. The minimum absolute atomic E-state index is 0.267. The number of phenolic OH excluding ortho intramolecular Hbond substituents is 2. The van der Waals surface area contributed by atoms with Gasteiger partial charge in [-0.15, -0.1) is 0 Å². The topological polar surface area (TPSA) is 40.5 Å². The third-order valence-corrected chi connectivity index (χ3v) is 7.57. The van der Waals surface area contributed by atoms with Gasteiger partial charge in [-0.1, -0.05) is 31.4 Å². The molecule has 138 valence electrons. The van der Waals surface area contributed by atoms with Gasteiger partial charge in [-0.2, -0.15) is 0 Å². The molecule has 3 aromatic carbocycles. The molecule has 3 heteroatoms. The lowest BCUT2D eigenvalue weighted by molar-refractivity contribution is 0.443. The molecule has 1 saturated carbocycles. The third-order valence-electron chi connectivity index (χ3n) is 5.34. The first-order valence-corrected chi connectivity index (χ1v) is 10.9. The largest absolute Gasteiger partial charge is 0.508 e. The summed E-state index contributed by atoms with van der Waals surface area (Å²) in [4.78, 5) is 3.57. The lowest BCUT2D eigenvalue weighted by atomic mass is 9.84.